The Bertz CT molecular complexity index is 342. The Kier molecular flexibility index (Phi) is 5.64. The summed E-state index contributed by atoms with van der Waals surface area (Å²) in [5.41, 5.74) is 1.17. The van der Waals surface area contributed by atoms with Gasteiger partial charge in [0, 0.05) is 23.5 Å². The first-order chi connectivity index (χ1) is 8.79. The summed E-state index contributed by atoms with van der Waals surface area (Å²) in [6.07, 6.45) is 9.45. The van der Waals surface area contributed by atoms with Gasteiger partial charge in [-0.05, 0) is 38.6 Å². The van der Waals surface area contributed by atoms with Crippen molar-refractivity contribution in [3.8, 4) is 0 Å². The van der Waals surface area contributed by atoms with Crippen molar-refractivity contribution in [1.29, 1.82) is 0 Å². The summed E-state index contributed by atoms with van der Waals surface area (Å²) in [6.45, 7) is 5.49. The number of aryl methyl sites for hydroxylation is 1. The van der Waals surface area contributed by atoms with E-state index in [1.165, 1.54) is 49.2 Å². The molecule has 0 bridgehead atoms. The van der Waals surface area contributed by atoms with Gasteiger partial charge in [-0.2, -0.15) is 0 Å². The Hall–Kier alpha value is -0.410. The lowest BCUT2D eigenvalue weighted by molar-refractivity contribution is 0.267. The van der Waals surface area contributed by atoms with Crippen molar-refractivity contribution in [2.45, 2.75) is 64.8 Å². The van der Waals surface area contributed by atoms with Crippen LogP contribution < -0.4 is 5.32 Å². The number of hydrogen-bond donors (Lipinski definition) is 1. The molecule has 1 unspecified atom stereocenters. The van der Waals surface area contributed by atoms with E-state index in [4.69, 9.17) is 0 Å². The van der Waals surface area contributed by atoms with E-state index in [0.717, 1.165) is 18.9 Å². The standard InChI is InChI=1S/C15H26N2S/c1-3-9-16-14(13-7-5-4-6-8-13)10-15-17-12(2)11-18-15/h11,13-14,16H,3-10H2,1-2H3. The fourth-order valence-electron chi connectivity index (χ4n) is 2.96. The van der Waals surface area contributed by atoms with Crippen LogP contribution in [-0.2, 0) is 6.42 Å². The summed E-state index contributed by atoms with van der Waals surface area (Å²) in [7, 11) is 0. The molecule has 1 saturated carbocycles. The second-order valence-electron chi connectivity index (χ2n) is 5.55. The highest BCUT2D eigenvalue weighted by molar-refractivity contribution is 7.09. The molecule has 3 heteroatoms. The molecule has 1 aliphatic rings. The van der Waals surface area contributed by atoms with Gasteiger partial charge in [0.2, 0.25) is 0 Å². The SMILES string of the molecule is CCCNC(Cc1nc(C)cs1)C1CCCCC1. The Labute approximate surface area is 115 Å². The average molecular weight is 266 g/mol. The van der Waals surface area contributed by atoms with Gasteiger partial charge in [0.15, 0.2) is 0 Å². The Morgan fingerprint density at radius 1 is 1.39 bits per heavy atom. The summed E-state index contributed by atoms with van der Waals surface area (Å²) in [5.74, 6) is 0.870. The topological polar surface area (TPSA) is 24.9 Å². The third kappa shape index (κ3) is 4.06. The lowest BCUT2D eigenvalue weighted by Crippen LogP contribution is -2.39. The van der Waals surface area contributed by atoms with E-state index in [1.807, 2.05) is 11.3 Å². The van der Waals surface area contributed by atoms with E-state index in [2.05, 4.69) is 29.5 Å². The Balaban J connectivity index is 1.94. The van der Waals surface area contributed by atoms with Gasteiger partial charge in [0.25, 0.3) is 0 Å². The summed E-state index contributed by atoms with van der Waals surface area (Å²) >= 11 is 1.82. The minimum atomic E-state index is 0.649. The summed E-state index contributed by atoms with van der Waals surface area (Å²) in [6, 6.07) is 0.649. The van der Waals surface area contributed by atoms with E-state index in [9.17, 15) is 0 Å². The molecule has 1 atom stereocenters. The van der Waals surface area contributed by atoms with Crippen LogP contribution >= 0.6 is 11.3 Å². The van der Waals surface area contributed by atoms with Crippen LogP contribution in [0, 0.1) is 12.8 Å². The molecular formula is C15H26N2S. The van der Waals surface area contributed by atoms with Crippen molar-refractivity contribution in [2.24, 2.45) is 5.92 Å². The molecular weight excluding hydrogens is 240 g/mol. The molecule has 2 rings (SSSR count). The van der Waals surface area contributed by atoms with Gasteiger partial charge in [-0.3, -0.25) is 0 Å². The first kappa shape index (κ1) is 14.0. The van der Waals surface area contributed by atoms with Crippen LogP contribution in [0.1, 0.15) is 56.2 Å². The van der Waals surface area contributed by atoms with Crippen molar-refractivity contribution >= 4 is 11.3 Å². The van der Waals surface area contributed by atoms with Gasteiger partial charge in [0.05, 0.1) is 5.01 Å². The van der Waals surface area contributed by atoms with Gasteiger partial charge in [-0.15, -0.1) is 11.3 Å². The first-order valence-corrected chi connectivity index (χ1v) is 8.32. The summed E-state index contributed by atoms with van der Waals surface area (Å²) in [4.78, 5) is 4.63. The van der Waals surface area contributed by atoms with Crippen molar-refractivity contribution in [3.05, 3.63) is 16.1 Å². The molecule has 0 saturated heterocycles. The zero-order chi connectivity index (χ0) is 12.8. The highest BCUT2D eigenvalue weighted by Gasteiger charge is 2.24. The van der Waals surface area contributed by atoms with Crippen LogP contribution in [0.15, 0.2) is 5.38 Å². The van der Waals surface area contributed by atoms with E-state index < -0.39 is 0 Å². The zero-order valence-electron chi connectivity index (χ0n) is 11.7. The molecule has 2 nitrogen and oxygen atoms in total. The maximum atomic E-state index is 4.63. The van der Waals surface area contributed by atoms with E-state index in [1.54, 1.807) is 0 Å². The molecule has 0 spiro atoms. The average Bonchev–Trinajstić information content (AvgIpc) is 2.81. The molecule has 18 heavy (non-hydrogen) atoms. The van der Waals surface area contributed by atoms with E-state index in [-0.39, 0.29) is 0 Å². The third-order valence-corrected chi connectivity index (χ3v) is 4.93. The molecule has 1 aromatic heterocycles. The second kappa shape index (κ2) is 7.25. The van der Waals surface area contributed by atoms with Crippen LogP contribution in [0.3, 0.4) is 0 Å². The van der Waals surface area contributed by atoms with Crippen LogP contribution in [0.25, 0.3) is 0 Å². The molecule has 0 radical (unpaired) electrons. The second-order valence-corrected chi connectivity index (χ2v) is 6.49. The molecule has 0 aliphatic heterocycles. The van der Waals surface area contributed by atoms with E-state index >= 15 is 0 Å². The predicted octanol–water partition coefficient (Wildman–Crippen LogP) is 3.94. The molecule has 1 aromatic rings. The largest absolute Gasteiger partial charge is 0.313 e. The maximum absolute atomic E-state index is 4.63. The monoisotopic (exact) mass is 266 g/mol. The minimum absolute atomic E-state index is 0.649. The molecule has 0 amide bonds. The number of nitrogens with one attached hydrogen (secondary N) is 1. The van der Waals surface area contributed by atoms with Crippen LogP contribution in [0.5, 0.6) is 0 Å². The molecule has 1 N–H and O–H groups in total. The summed E-state index contributed by atoms with van der Waals surface area (Å²) in [5, 5.41) is 7.25. The number of nitrogens with zero attached hydrogens (tertiary/aromatic N) is 1. The fourth-order valence-corrected chi connectivity index (χ4v) is 3.79. The molecule has 1 aliphatic carbocycles. The van der Waals surface area contributed by atoms with Crippen LogP contribution in [0.2, 0.25) is 0 Å². The summed E-state index contributed by atoms with van der Waals surface area (Å²) < 4.78 is 0. The molecule has 102 valence electrons. The Morgan fingerprint density at radius 3 is 2.78 bits per heavy atom. The van der Waals surface area contributed by atoms with Crippen molar-refractivity contribution in [2.75, 3.05) is 6.54 Å². The predicted molar refractivity (Wildman–Crippen MR) is 79.2 cm³/mol. The van der Waals surface area contributed by atoms with Crippen molar-refractivity contribution in [1.82, 2.24) is 10.3 Å². The molecule has 1 heterocycles. The first-order valence-electron chi connectivity index (χ1n) is 7.44. The lowest BCUT2D eigenvalue weighted by Gasteiger charge is -2.30. The van der Waals surface area contributed by atoms with E-state index in [0.29, 0.717) is 6.04 Å². The zero-order valence-corrected chi connectivity index (χ0v) is 12.6. The number of rotatable bonds is 6. The number of thiazole rings is 1. The molecule has 1 fully saturated rings. The number of aromatic nitrogens is 1. The minimum Gasteiger partial charge on any atom is -0.313 e. The van der Waals surface area contributed by atoms with Gasteiger partial charge < -0.3 is 5.32 Å². The fraction of sp³-hybridized carbons (Fsp3) is 0.800. The molecule has 0 aromatic carbocycles. The maximum Gasteiger partial charge on any atom is 0.0943 e. The van der Waals surface area contributed by atoms with Crippen LogP contribution in [0.4, 0.5) is 0 Å². The lowest BCUT2D eigenvalue weighted by atomic mass is 9.82. The van der Waals surface area contributed by atoms with Crippen LogP contribution in [-0.4, -0.2) is 17.6 Å². The quantitative estimate of drug-likeness (QED) is 0.843. The number of hydrogen-bond acceptors (Lipinski definition) is 3. The normalized spacial score (nSPS) is 19.0. The van der Waals surface area contributed by atoms with Gasteiger partial charge in [-0.1, -0.05) is 26.2 Å². The smallest absolute Gasteiger partial charge is 0.0943 e. The highest BCUT2D eigenvalue weighted by atomic mass is 32.1. The van der Waals surface area contributed by atoms with Gasteiger partial charge >= 0.3 is 0 Å². The highest BCUT2D eigenvalue weighted by Crippen LogP contribution is 2.28. The Morgan fingerprint density at radius 2 is 2.17 bits per heavy atom. The van der Waals surface area contributed by atoms with Crippen molar-refractivity contribution < 1.29 is 0 Å². The third-order valence-electron chi connectivity index (χ3n) is 3.94. The van der Waals surface area contributed by atoms with Gasteiger partial charge in [0.1, 0.15) is 0 Å². The van der Waals surface area contributed by atoms with Crippen molar-refractivity contribution in [3.63, 3.8) is 0 Å². The van der Waals surface area contributed by atoms with Gasteiger partial charge in [-0.25, -0.2) is 4.98 Å².